The van der Waals surface area contributed by atoms with Gasteiger partial charge >= 0.3 is 0 Å². The Morgan fingerprint density at radius 1 is 0.250 bits per heavy atom. The number of anilines is 6. The fraction of sp³-hybridized carbons (Fsp3) is 0. The van der Waals surface area contributed by atoms with E-state index in [0.29, 0.717) is 0 Å². The lowest BCUT2D eigenvalue weighted by Gasteiger charge is -2.30. The zero-order valence-electron chi connectivity index (χ0n) is 28.7. The summed E-state index contributed by atoms with van der Waals surface area (Å²) in [6, 6.07) is 78.4. The van der Waals surface area contributed by atoms with Crippen molar-refractivity contribution in [3.63, 3.8) is 0 Å². The van der Waals surface area contributed by atoms with E-state index in [1.807, 2.05) is 0 Å². The predicted octanol–water partition coefficient (Wildman–Crippen LogP) is 14.3. The second kappa shape index (κ2) is 13.8. The van der Waals surface area contributed by atoms with Crippen molar-refractivity contribution in [2.24, 2.45) is 0 Å². The highest BCUT2D eigenvalue weighted by Crippen LogP contribution is 2.45. The molecule has 0 unspecified atom stereocenters. The Bertz CT molecular complexity index is 2570. The first kappa shape index (κ1) is 31.1. The Morgan fingerprint density at radius 3 is 1.42 bits per heavy atom. The minimum absolute atomic E-state index is 1.07. The maximum Gasteiger partial charge on any atom is 0.0546 e. The smallest absolute Gasteiger partial charge is 0.0546 e. The molecular weight excluding hydrogens is 629 g/mol. The molecule has 0 aliphatic heterocycles. The van der Waals surface area contributed by atoms with E-state index < -0.39 is 0 Å². The van der Waals surface area contributed by atoms with E-state index in [2.05, 4.69) is 228 Å². The summed E-state index contributed by atoms with van der Waals surface area (Å²) in [5.74, 6) is 0. The summed E-state index contributed by atoms with van der Waals surface area (Å²) < 4.78 is 0. The molecule has 0 aliphatic carbocycles. The van der Waals surface area contributed by atoms with E-state index in [0.717, 1.165) is 34.1 Å². The number of fused-ring (bicyclic) bond motifs is 2. The van der Waals surface area contributed by atoms with Crippen LogP contribution in [0.3, 0.4) is 0 Å². The van der Waals surface area contributed by atoms with Crippen LogP contribution >= 0.6 is 0 Å². The van der Waals surface area contributed by atoms with Gasteiger partial charge in [0.1, 0.15) is 0 Å². The van der Waals surface area contributed by atoms with Crippen LogP contribution in [-0.2, 0) is 0 Å². The molecular formula is C50H36N2. The molecule has 0 bridgehead atoms. The molecule has 9 rings (SSSR count). The maximum atomic E-state index is 2.42. The summed E-state index contributed by atoms with van der Waals surface area (Å²) in [4.78, 5) is 4.74. The van der Waals surface area contributed by atoms with Crippen molar-refractivity contribution in [2.45, 2.75) is 0 Å². The molecule has 0 aliphatic rings. The van der Waals surface area contributed by atoms with Crippen molar-refractivity contribution in [3.8, 4) is 22.3 Å². The Labute approximate surface area is 305 Å². The fourth-order valence-corrected chi connectivity index (χ4v) is 7.34. The van der Waals surface area contributed by atoms with Crippen LogP contribution in [0.25, 0.3) is 43.8 Å². The van der Waals surface area contributed by atoms with Crippen LogP contribution in [0.5, 0.6) is 0 Å². The van der Waals surface area contributed by atoms with Crippen molar-refractivity contribution >= 4 is 55.7 Å². The fourth-order valence-electron chi connectivity index (χ4n) is 7.34. The van der Waals surface area contributed by atoms with E-state index in [1.165, 1.54) is 43.8 Å². The van der Waals surface area contributed by atoms with Gasteiger partial charge in [-0.15, -0.1) is 0 Å². The molecule has 0 N–H and O–H groups in total. The van der Waals surface area contributed by atoms with E-state index in [1.54, 1.807) is 0 Å². The van der Waals surface area contributed by atoms with Crippen LogP contribution < -0.4 is 9.80 Å². The SMILES string of the molecule is c1ccc(-c2ccc(N(c3cccc(N(c4ccccc4)c4ccccc4)c3)c3cc(-c4cccc5ccccc45)cc4ccccc34)cc2)cc1. The van der Waals surface area contributed by atoms with Crippen LogP contribution in [0.4, 0.5) is 34.1 Å². The Balaban J connectivity index is 1.27. The Kier molecular flexibility index (Phi) is 8.24. The standard InChI is InChI=1S/C50H36N2/c1-4-16-37(17-5-1)38-30-32-44(33-31-38)52(46-26-15-25-45(36-46)51(42-21-6-2-7-22-42)43-23-8-3-9-24-43)50-35-41(34-40-19-11-13-28-49(40)50)48-29-14-20-39-18-10-12-27-47(39)48/h1-36H. The van der Waals surface area contributed by atoms with Crippen molar-refractivity contribution < 1.29 is 0 Å². The van der Waals surface area contributed by atoms with Gasteiger partial charge in [-0.05, 0) is 105 Å². The lowest BCUT2D eigenvalue weighted by molar-refractivity contribution is 1.25. The van der Waals surface area contributed by atoms with Crippen molar-refractivity contribution in [1.82, 2.24) is 0 Å². The van der Waals surface area contributed by atoms with Crippen LogP contribution in [-0.4, -0.2) is 0 Å². The Hall–Kier alpha value is -6.90. The third kappa shape index (κ3) is 5.97. The molecule has 52 heavy (non-hydrogen) atoms. The molecule has 0 saturated carbocycles. The number of para-hydroxylation sites is 2. The monoisotopic (exact) mass is 664 g/mol. The molecule has 2 heteroatoms. The second-order valence-electron chi connectivity index (χ2n) is 13.0. The van der Waals surface area contributed by atoms with E-state index in [4.69, 9.17) is 0 Å². The van der Waals surface area contributed by atoms with Crippen molar-refractivity contribution in [2.75, 3.05) is 9.80 Å². The van der Waals surface area contributed by atoms with Crippen molar-refractivity contribution in [1.29, 1.82) is 0 Å². The summed E-state index contributed by atoms with van der Waals surface area (Å²) >= 11 is 0. The molecule has 9 aromatic rings. The second-order valence-corrected chi connectivity index (χ2v) is 13.0. The number of benzene rings is 9. The summed E-state index contributed by atoms with van der Waals surface area (Å²) in [7, 11) is 0. The summed E-state index contributed by atoms with van der Waals surface area (Å²) in [5.41, 5.74) is 11.4. The van der Waals surface area contributed by atoms with Crippen LogP contribution in [0.2, 0.25) is 0 Å². The zero-order valence-corrected chi connectivity index (χ0v) is 28.7. The molecule has 246 valence electrons. The van der Waals surface area contributed by atoms with Gasteiger partial charge in [0.15, 0.2) is 0 Å². The van der Waals surface area contributed by atoms with Gasteiger partial charge < -0.3 is 9.80 Å². The average molecular weight is 665 g/mol. The van der Waals surface area contributed by atoms with Gasteiger partial charge in [-0.25, -0.2) is 0 Å². The molecule has 0 atom stereocenters. The molecule has 0 spiro atoms. The lowest BCUT2D eigenvalue weighted by atomic mass is 9.94. The number of nitrogens with zero attached hydrogens (tertiary/aromatic N) is 2. The predicted molar refractivity (Wildman–Crippen MR) is 222 cm³/mol. The van der Waals surface area contributed by atoms with Gasteiger partial charge in [0.25, 0.3) is 0 Å². The summed E-state index contributed by atoms with van der Waals surface area (Å²) in [6.07, 6.45) is 0. The van der Waals surface area contributed by atoms with Gasteiger partial charge in [0.2, 0.25) is 0 Å². The first-order chi connectivity index (χ1) is 25.8. The van der Waals surface area contributed by atoms with Gasteiger partial charge in [0, 0.05) is 33.8 Å². The minimum atomic E-state index is 1.07. The molecule has 2 nitrogen and oxygen atoms in total. The quantitative estimate of drug-likeness (QED) is 0.159. The molecule has 0 fully saturated rings. The van der Waals surface area contributed by atoms with Crippen LogP contribution in [0.15, 0.2) is 218 Å². The van der Waals surface area contributed by atoms with E-state index in [-0.39, 0.29) is 0 Å². The van der Waals surface area contributed by atoms with Gasteiger partial charge in [-0.1, -0.05) is 152 Å². The summed E-state index contributed by atoms with van der Waals surface area (Å²) in [5, 5.41) is 4.86. The molecule has 0 aromatic heterocycles. The topological polar surface area (TPSA) is 6.48 Å². The van der Waals surface area contributed by atoms with E-state index >= 15 is 0 Å². The number of hydrogen-bond acceptors (Lipinski definition) is 2. The van der Waals surface area contributed by atoms with Gasteiger partial charge in [-0.3, -0.25) is 0 Å². The van der Waals surface area contributed by atoms with Crippen LogP contribution in [0, 0.1) is 0 Å². The molecule has 9 aromatic carbocycles. The highest BCUT2D eigenvalue weighted by atomic mass is 15.2. The first-order valence-corrected chi connectivity index (χ1v) is 17.8. The molecule has 0 radical (unpaired) electrons. The lowest BCUT2D eigenvalue weighted by Crippen LogP contribution is -2.13. The van der Waals surface area contributed by atoms with Crippen LogP contribution in [0.1, 0.15) is 0 Å². The van der Waals surface area contributed by atoms with Crippen molar-refractivity contribution in [3.05, 3.63) is 218 Å². The highest BCUT2D eigenvalue weighted by molar-refractivity contribution is 6.05. The third-order valence-corrected chi connectivity index (χ3v) is 9.79. The average Bonchev–Trinajstić information content (AvgIpc) is 3.22. The largest absolute Gasteiger partial charge is 0.310 e. The normalized spacial score (nSPS) is 11.1. The highest BCUT2D eigenvalue weighted by Gasteiger charge is 2.20. The molecule has 0 heterocycles. The maximum absolute atomic E-state index is 2.42. The number of hydrogen-bond donors (Lipinski definition) is 0. The zero-order chi connectivity index (χ0) is 34.7. The van der Waals surface area contributed by atoms with Gasteiger partial charge in [0.05, 0.1) is 5.69 Å². The van der Waals surface area contributed by atoms with Gasteiger partial charge in [-0.2, -0.15) is 0 Å². The molecule has 0 amide bonds. The first-order valence-electron chi connectivity index (χ1n) is 17.8. The van der Waals surface area contributed by atoms with E-state index in [9.17, 15) is 0 Å². The third-order valence-electron chi connectivity index (χ3n) is 9.79. The summed E-state index contributed by atoms with van der Waals surface area (Å²) in [6.45, 7) is 0. The molecule has 0 saturated heterocycles. The minimum Gasteiger partial charge on any atom is -0.310 e. The Morgan fingerprint density at radius 2 is 0.731 bits per heavy atom. The number of rotatable bonds is 8.